The van der Waals surface area contributed by atoms with Gasteiger partial charge in [0, 0.05) is 56.1 Å². The van der Waals surface area contributed by atoms with Crippen LogP contribution in [0.1, 0.15) is 28.2 Å². The van der Waals surface area contributed by atoms with E-state index in [-0.39, 0.29) is 11.7 Å². The summed E-state index contributed by atoms with van der Waals surface area (Å²) in [7, 11) is 0. The van der Waals surface area contributed by atoms with Crippen LogP contribution in [-0.2, 0) is 13.0 Å². The quantitative estimate of drug-likeness (QED) is 0.786. The Balaban J connectivity index is 1.32. The van der Waals surface area contributed by atoms with Crippen molar-refractivity contribution in [3.05, 3.63) is 47.0 Å². The van der Waals surface area contributed by atoms with Crippen molar-refractivity contribution in [1.82, 2.24) is 20.8 Å². The molecule has 1 amide bonds. The number of rotatable bonds is 4. The predicted molar refractivity (Wildman–Crippen MR) is 93.1 cm³/mol. The summed E-state index contributed by atoms with van der Waals surface area (Å²) in [6, 6.07) is 6.58. The van der Waals surface area contributed by atoms with Gasteiger partial charge in [0.05, 0.1) is 0 Å². The number of hydrogen-bond acceptors (Lipinski definition) is 4. The molecule has 2 aliphatic heterocycles. The maximum absolute atomic E-state index is 13.0. The van der Waals surface area contributed by atoms with Crippen molar-refractivity contribution in [1.29, 1.82) is 0 Å². The lowest BCUT2D eigenvalue weighted by Gasteiger charge is -2.19. The molecule has 3 heterocycles. The van der Waals surface area contributed by atoms with E-state index in [0.717, 1.165) is 49.4 Å². The Morgan fingerprint density at radius 3 is 3.04 bits per heavy atom. The largest absolute Gasteiger partial charge is 0.371 e. The van der Waals surface area contributed by atoms with E-state index in [2.05, 4.69) is 25.7 Å². The molecule has 0 aliphatic carbocycles. The van der Waals surface area contributed by atoms with Crippen LogP contribution in [0, 0.1) is 11.7 Å². The Hall–Kier alpha value is -2.41. The first-order valence-electron chi connectivity index (χ1n) is 8.76. The van der Waals surface area contributed by atoms with Crippen molar-refractivity contribution in [3.63, 3.8) is 0 Å². The first-order valence-corrected chi connectivity index (χ1v) is 8.76. The summed E-state index contributed by atoms with van der Waals surface area (Å²) in [5.41, 5.74) is 3.59. The second kappa shape index (κ2) is 6.84. The fourth-order valence-electron chi connectivity index (χ4n) is 3.62. The van der Waals surface area contributed by atoms with Crippen LogP contribution in [0.15, 0.2) is 24.3 Å². The number of benzene rings is 1. The minimum absolute atomic E-state index is 0.110. The minimum atomic E-state index is -0.219. The first-order chi connectivity index (χ1) is 12.2. The number of amides is 1. The highest BCUT2D eigenvalue weighted by molar-refractivity contribution is 5.94. The Morgan fingerprint density at radius 1 is 1.36 bits per heavy atom. The van der Waals surface area contributed by atoms with Gasteiger partial charge in [0.1, 0.15) is 5.82 Å². The number of anilines is 1. The molecule has 7 heteroatoms. The van der Waals surface area contributed by atoms with Crippen LogP contribution in [0.3, 0.4) is 0 Å². The summed E-state index contributed by atoms with van der Waals surface area (Å²) in [4.78, 5) is 14.7. The summed E-state index contributed by atoms with van der Waals surface area (Å²) in [6.45, 7) is 4.03. The molecule has 1 fully saturated rings. The van der Waals surface area contributed by atoms with Gasteiger partial charge in [-0.2, -0.15) is 5.10 Å². The lowest BCUT2D eigenvalue weighted by molar-refractivity contribution is 0.0942. The zero-order chi connectivity index (χ0) is 17.2. The number of H-pyrrole nitrogens is 1. The summed E-state index contributed by atoms with van der Waals surface area (Å²) in [6.07, 6.45) is 1.89. The zero-order valence-electron chi connectivity index (χ0n) is 14.0. The highest BCUT2D eigenvalue weighted by atomic mass is 19.1. The van der Waals surface area contributed by atoms with E-state index < -0.39 is 0 Å². The molecular weight excluding hydrogens is 321 g/mol. The van der Waals surface area contributed by atoms with E-state index in [1.165, 1.54) is 12.1 Å². The lowest BCUT2D eigenvalue weighted by atomic mass is 10.1. The van der Waals surface area contributed by atoms with Crippen LogP contribution >= 0.6 is 0 Å². The van der Waals surface area contributed by atoms with E-state index in [0.29, 0.717) is 24.7 Å². The highest BCUT2D eigenvalue weighted by Crippen LogP contribution is 2.24. The second-order valence-corrected chi connectivity index (χ2v) is 6.74. The Bertz CT molecular complexity index is 757. The van der Waals surface area contributed by atoms with Crippen molar-refractivity contribution < 1.29 is 9.18 Å². The number of nitrogens with one attached hydrogen (secondary N) is 3. The number of carbonyl (C=O) groups is 1. The number of aromatic amines is 1. The number of hydrogen-bond donors (Lipinski definition) is 3. The van der Waals surface area contributed by atoms with E-state index >= 15 is 0 Å². The van der Waals surface area contributed by atoms with E-state index in [9.17, 15) is 9.18 Å². The third-order valence-electron chi connectivity index (χ3n) is 5.05. The smallest absolute Gasteiger partial charge is 0.272 e. The molecule has 6 nitrogen and oxygen atoms in total. The fourth-order valence-corrected chi connectivity index (χ4v) is 3.62. The van der Waals surface area contributed by atoms with Crippen LogP contribution in [0.4, 0.5) is 10.1 Å². The minimum Gasteiger partial charge on any atom is -0.371 e. The van der Waals surface area contributed by atoms with Crippen LogP contribution in [0.5, 0.6) is 0 Å². The molecule has 1 saturated heterocycles. The first kappa shape index (κ1) is 16.1. The molecular formula is C18H22FN5O. The standard InChI is InChI=1S/C18H22FN5O/c19-13-1-3-14(4-2-13)24-8-6-12(11-24)9-21-18(25)17-15-10-20-7-5-16(15)22-23-17/h1-4,12,20H,5-11H2,(H,21,25)(H,22,23). The number of aromatic nitrogens is 2. The topological polar surface area (TPSA) is 73.0 Å². The van der Waals surface area contributed by atoms with E-state index in [1.54, 1.807) is 12.1 Å². The zero-order valence-corrected chi connectivity index (χ0v) is 14.0. The second-order valence-electron chi connectivity index (χ2n) is 6.74. The SMILES string of the molecule is O=C(NCC1CCN(c2ccc(F)cc2)C1)c1n[nH]c2c1CNCC2. The van der Waals surface area contributed by atoms with Gasteiger partial charge in [-0.15, -0.1) is 0 Å². The van der Waals surface area contributed by atoms with E-state index in [1.807, 2.05) is 0 Å². The molecule has 0 bridgehead atoms. The number of carbonyl (C=O) groups excluding carboxylic acids is 1. The summed E-state index contributed by atoms with van der Waals surface area (Å²) in [5, 5.41) is 13.5. The van der Waals surface area contributed by atoms with Gasteiger partial charge in [-0.3, -0.25) is 9.89 Å². The molecule has 132 valence electrons. The van der Waals surface area contributed by atoms with Crippen molar-refractivity contribution >= 4 is 11.6 Å². The molecule has 1 aromatic heterocycles. The average Bonchev–Trinajstić information content (AvgIpc) is 3.27. The molecule has 1 aromatic carbocycles. The van der Waals surface area contributed by atoms with Gasteiger partial charge in [-0.05, 0) is 36.6 Å². The third-order valence-corrected chi connectivity index (χ3v) is 5.05. The van der Waals surface area contributed by atoms with Gasteiger partial charge in [0.25, 0.3) is 5.91 Å². The number of nitrogens with zero attached hydrogens (tertiary/aromatic N) is 2. The maximum atomic E-state index is 13.0. The molecule has 3 N–H and O–H groups in total. The van der Waals surface area contributed by atoms with Gasteiger partial charge in [-0.25, -0.2) is 4.39 Å². The third kappa shape index (κ3) is 3.37. The summed E-state index contributed by atoms with van der Waals surface area (Å²) in [5.74, 6) is 0.0620. The molecule has 0 spiro atoms. The van der Waals surface area contributed by atoms with Gasteiger partial charge in [0.2, 0.25) is 0 Å². The Labute approximate surface area is 145 Å². The van der Waals surface area contributed by atoms with Gasteiger partial charge in [-0.1, -0.05) is 0 Å². The predicted octanol–water partition coefficient (Wildman–Crippen LogP) is 1.45. The number of halogens is 1. The molecule has 4 rings (SSSR count). The van der Waals surface area contributed by atoms with Crippen LogP contribution in [0.2, 0.25) is 0 Å². The lowest BCUT2D eigenvalue weighted by Crippen LogP contribution is -2.32. The number of fused-ring (bicyclic) bond motifs is 1. The average molecular weight is 343 g/mol. The Kier molecular flexibility index (Phi) is 4.40. The Morgan fingerprint density at radius 2 is 2.20 bits per heavy atom. The van der Waals surface area contributed by atoms with Gasteiger partial charge >= 0.3 is 0 Å². The molecule has 1 unspecified atom stereocenters. The normalized spacial score (nSPS) is 19.7. The van der Waals surface area contributed by atoms with Crippen molar-refractivity contribution in [2.24, 2.45) is 5.92 Å². The van der Waals surface area contributed by atoms with Crippen molar-refractivity contribution in [2.45, 2.75) is 19.4 Å². The van der Waals surface area contributed by atoms with Crippen LogP contribution < -0.4 is 15.5 Å². The van der Waals surface area contributed by atoms with Crippen LogP contribution in [0.25, 0.3) is 0 Å². The van der Waals surface area contributed by atoms with Crippen molar-refractivity contribution in [2.75, 3.05) is 31.1 Å². The fraction of sp³-hybridized carbons (Fsp3) is 0.444. The molecule has 1 atom stereocenters. The van der Waals surface area contributed by atoms with E-state index in [4.69, 9.17) is 0 Å². The van der Waals surface area contributed by atoms with Gasteiger partial charge < -0.3 is 15.5 Å². The maximum Gasteiger partial charge on any atom is 0.272 e. The molecule has 0 radical (unpaired) electrons. The molecule has 2 aliphatic rings. The van der Waals surface area contributed by atoms with Gasteiger partial charge in [0.15, 0.2) is 5.69 Å². The molecule has 25 heavy (non-hydrogen) atoms. The highest BCUT2D eigenvalue weighted by Gasteiger charge is 2.25. The summed E-state index contributed by atoms with van der Waals surface area (Å²) < 4.78 is 13.0. The van der Waals surface area contributed by atoms with Crippen molar-refractivity contribution in [3.8, 4) is 0 Å². The monoisotopic (exact) mass is 343 g/mol. The molecule has 2 aromatic rings. The summed E-state index contributed by atoms with van der Waals surface area (Å²) >= 11 is 0. The van der Waals surface area contributed by atoms with Crippen LogP contribution in [-0.4, -0.2) is 42.3 Å². The molecule has 0 saturated carbocycles.